The van der Waals surface area contributed by atoms with Crippen molar-refractivity contribution in [1.82, 2.24) is 0 Å². The van der Waals surface area contributed by atoms with Crippen molar-refractivity contribution in [3.05, 3.63) is 22.7 Å². The number of aryl methyl sites for hydroxylation is 1. The van der Waals surface area contributed by atoms with Crippen LogP contribution in [0.5, 0.6) is 5.75 Å². The third kappa shape index (κ3) is 3.38. The molecule has 0 fully saturated rings. The van der Waals surface area contributed by atoms with Crippen LogP contribution in [0.25, 0.3) is 0 Å². The molecule has 0 aliphatic rings. The van der Waals surface area contributed by atoms with Gasteiger partial charge in [-0.2, -0.15) is 5.26 Å². The molecule has 0 aliphatic heterocycles. The van der Waals surface area contributed by atoms with Crippen LogP contribution in [0.4, 0.5) is 5.69 Å². The molecule has 1 rings (SSSR count). The number of methoxy groups -OCH3 is 1. The summed E-state index contributed by atoms with van der Waals surface area (Å²) in [6.45, 7) is 2.04. The Hall–Kier alpha value is -1.73. The summed E-state index contributed by atoms with van der Waals surface area (Å²) in [6, 6.07) is 5.39. The molecule has 0 N–H and O–H groups in total. The zero-order chi connectivity index (χ0) is 13.7. The minimum absolute atomic E-state index is 0.0911. The van der Waals surface area contributed by atoms with E-state index in [4.69, 9.17) is 21.6 Å². The van der Waals surface area contributed by atoms with Gasteiger partial charge in [0, 0.05) is 12.1 Å². The van der Waals surface area contributed by atoms with Gasteiger partial charge in [-0.15, -0.1) is 0 Å². The van der Waals surface area contributed by atoms with Crippen molar-refractivity contribution >= 4 is 23.1 Å². The quantitative estimate of drug-likeness (QED) is 0.822. The fourth-order valence-corrected chi connectivity index (χ4v) is 2.02. The Labute approximate surface area is 112 Å². The predicted octanol–water partition coefficient (Wildman–Crippen LogP) is 2.58. The number of nitriles is 1. The predicted molar refractivity (Wildman–Crippen MR) is 71.2 cm³/mol. The van der Waals surface area contributed by atoms with Crippen LogP contribution in [-0.2, 0) is 4.79 Å². The second-order valence-electron chi connectivity index (χ2n) is 4.00. The first-order valence-electron chi connectivity index (χ1n) is 5.43. The molecule has 1 aromatic carbocycles. The molecule has 0 unspecified atom stereocenters. The van der Waals surface area contributed by atoms with E-state index in [-0.39, 0.29) is 18.7 Å². The van der Waals surface area contributed by atoms with Crippen LogP contribution in [0.1, 0.15) is 12.0 Å². The van der Waals surface area contributed by atoms with E-state index >= 15 is 0 Å². The van der Waals surface area contributed by atoms with Crippen LogP contribution in [0.2, 0.25) is 5.02 Å². The van der Waals surface area contributed by atoms with E-state index in [0.717, 1.165) is 11.3 Å². The van der Waals surface area contributed by atoms with Crippen molar-refractivity contribution in [2.75, 3.05) is 25.6 Å². The Balaban J connectivity index is 3.01. The monoisotopic (exact) mass is 266 g/mol. The highest BCUT2D eigenvalue weighted by atomic mass is 35.5. The number of halogens is 1. The topological polar surface area (TPSA) is 53.3 Å². The second-order valence-corrected chi connectivity index (χ2v) is 4.44. The molecule has 0 bridgehead atoms. The zero-order valence-electron chi connectivity index (χ0n) is 10.7. The third-order valence-corrected chi connectivity index (χ3v) is 2.74. The lowest BCUT2D eigenvalue weighted by Crippen LogP contribution is -2.25. The highest BCUT2D eigenvalue weighted by Gasteiger charge is 2.14. The average Bonchev–Trinajstić information content (AvgIpc) is 2.28. The lowest BCUT2D eigenvalue weighted by atomic mass is 10.1. The first kappa shape index (κ1) is 14.3. The number of carbonyl (C=O) groups is 1. The largest absolute Gasteiger partial charge is 0.494 e. The molecule has 96 valence electrons. The maximum atomic E-state index is 11.5. The van der Waals surface area contributed by atoms with E-state index in [2.05, 4.69) is 0 Å². The van der Waals surface area contributed by atoms with Crippen LogP contribution in [0, 0.1) is 18.3 Å². The molecule has 5 heteroatoms. The van der Waals surface area contributed by atoms with Crippen molar-refractivity contribution in [2.45, 2.75) is 13.3 Å². The van der Waals surface area contributed by atoms with E-state index in [1.807, 2.05) is 13.0 Å². The highest BCUT2D eigenvalue weighted by Crippen LogP contribution is 2.34. The van der Waals surface area contributed by atoms with Gasteiger partial charge in [-0.05, 0) is 24.6 Å². The summed E-state index contributed by atoms with van der Waals surface area (Å²) in [4.78, 5) is 13.2. The van der Waals surface area contributed by atoms with Crippen LogP contribution < -0.4 is 9.64 Å². The molecule has 0 aromatic heterocycles. The Bertz CT molecular complexity index is 494. The van der Waals surface area contributed by atoms with Crippen molar-refractivity contribution in [2.24, 2.45) is 0 Å². The van der Waals surface area contributed by atoms with Crippen molar-refractivity contribution < 1.29 is 9.53 Å². The molecule has 0 heterocycles. The number of nitrogens with zero attached hydrogens (tertiary/aromatic N) is 2. The number of ketones is 1. The zero-order valence-corrected chi connectivity index (χ0v) is 11.4. The molecule has 1 aromatic rings. The van der Waals surface area contributed by atoms with Gasteiger partial charge in [0.2, 0.25) is 0 Å². The summed E-state index contributed by atoms with van der Waals surface area (Å²) >= 11 is 6.00. The van der Waals surface area contributed by atoms with Gasteiger partial charge in [0.25, 0.3) is 0 Å². The molecular weight excluding hydrogens is 252 g/mol. The van der Waals surface area contributed by atoms with Crippen LogP contribution in [0.15, 0.2) is 12.1 Å². The number of anilines is 1. The van der Waals surface area contributed by atoms with E-state index in [1.54, 1.807) is 31.2 Å². The summed E-state index contributed by atoms with van der Waals surface area (Å²) in [6.07, 6.45) is -0.0911. The number of benzene rings is 1. The maximum absolute atomic E-state index is 11.5. The molecule has 0 aliphatic carbocycles. The second kappa shape index (κ2) is 6.27. The van der Waals surface area contributed by atoms with Crippen LogP contribution >= 0.6 is 11.6 Å². The molecule has 0 saturated heterocycles. The van der Waals surface area contributed by atoms with Crippen molar-refractivity contribution in [3.8, 4) is 11.8 Å². The van der Waals surface area contributed by atoms with Crippen LogP contribution in [-0.4, -0.2) is 26.5 Å². The fraction of sp³-hybridized carbons (Fsp3) is 0.385. The summed E-state index contributed by atoms with van der Waals surface area (Å²) in [5, 5.41) is 9.06. The smallest absolute Gasteiger partial charge is 0.166 e. The summed E-state index contributed by atoms with van der Waals surface area (Å²) in [5.74, 6) is 0.548. The number of carbonyl (C=O) groups excluding carboxylic acids is 1. The normalized spacial score (nSPS) is 9.72. The van der Waals surface area contributed by atoms with E-state index in [0.29, 0.717) is 10.8 Å². The van der Waals surface area contributed by atoms with Gasteiger partial charge in [-0.1, -0.05) is 11.6 Å². The Morgan fingerprint density at radius 2 is 2.22 bits per heavy atom. The Morgan fingerprint density at radius 3 is 2.78 bits per heavy atom. The van der Waals surface area contributed by atoms with Gasteiger partial charge in [-0.3, -0.25) is 4.79 Å². The van der Waals surface area contributed by atoms with Crippen LogP contribution in [0.3, 0.4) is 0 Å². The molecular formula is C13H15ClN2O2. The number of hydrogen-bond donors (Lipinski definition) is 0. The minimum Gasteiger partial charge on any atom is -0.494 e. The molecule has 0 amide bonds. The fourth-order valence-electron chi connectivity index (χ4n) is 1.76. The summed E-state index contributed by atoms with van der Waals surface area (Å²) < 4.78 is 5.32. The van der Waals surface area contributed by atoms with Crippen molar-refractivity contribution in [3.63, 3.8) is 0 Å². The SMILES string of the molecule is COc1c(C)cc(Cl)cc1N(C)CC(=O)CC#N. The number of Topliss-reactive ketones (excluding diaryl/α,β-unsaturated/α-hetero) is 1. The lowest BCUT2D eigenvalue weighted by Gasteiger charge is -2.22. The average molecular weight is 267 g/mol. The molecule has 0 radical (unpaired) electrons. The summed E-state index contributed by atoms with van der Waals surface area (Å²) in [5.41, 5.74) is 1.65. The first-order chi connectivity index (χ1) is 8.49. The van der Waals surface area contributed by atoms with Gasteiger partial charge in [0.15, 0.2) is 5.78 Å². The number of hydrogen-bond acceptors (Lipinski definition) is 4. The highest BCUT2D eigenvalue weighted by molar-refractivity contribution is 6.31. The molecule has 0 atom stereocenters. The minimum atomic E-state index is -0.139. The number of ether oxygens (including phenoxy) is 1. The van der Waals surface area contributed by atoms with Gasteiger partial charge in [0.1, 0.15) is 5.75 Å². The standard InChI is InChI=1S/C13H15ClN2O2/c1-9-6-10(14)7-12(13(9)18-3)16(2)8-11(17)4-5-15/h6-7H,4,8H2,1-3H3. The van der Waals surface area contributed by atoms with E-state index in [9.17, 15) is 4.79 Å². The van der Waals surface area contributed by atoms with Gasteiger partial charge in [-0.25, -0.2) is 0 Å². The molecule has 18 heavy (non-hydrogen) atoms. The summed E-state index contributed by atoms with van der Waals surface area (Å²) in [7, 11) is 3.34. The Kier molecular flexibility index (Phi) is 4.99. The third-order valence-electron chi connectivity index (χ3n) is 2.52. The molecule has 4 nitrogen and oxygen atoms in total. The van der Waals surface area contributed by atoms with E-state index in [1.165, 1.54) is 0 Å². The van der Waals surface area contributed by atoms with E-state index < -0.39 is 0 Å². The van der Waals surface area contributed by atoms with Gasteiger partial charge in [0.05, 0.1) is 31.8 Å². The number of likely N-dealkylation sites (N-methyl/N-ethyl adjacent to an activating group) is 1. The van der Waals surface area contributed by atoms with Gasteiger partial charge < -0.3 is 9.64 Å². The van der Waals surface area contributed by atoms with Gasteiger partial charge >= 0.3 is 0 Å². The number of rotatable bonds is 5. The maximum Gasteiger partial charge on any atom is 0.166 e. The molecule has 0 saturated carbocycles. The Morgan fingerprint density at radius 1 is 1.56 bits per heavy atom. The first-order valence-corrected chi connectivity index (χ1v) is 5.81. The lowest BCUT2D eigenvalue weighted by molar-refractivity contribution is -0.116. The molecule has 0 spiro atoms. The van der Waals surface area contributed by atoms with Crippen molar-refractivity contribution in [1.29, 1.82) is 5.26 Å².